The molecule has 1 aromatic carbocycles. The normalized spacial score (nSPS) is 17.1. The number of alkyl halides is 3. The van der Waals surface area contributed by atoms with E-state index in [-0.39, 0.29) is 18.2 Å². The summed E-state index contributed by atoms with van der Waals surface area (Å²) in [5, 5.41) is 0.649. The van der Waals surface area contributed by atoms with Gasteiger partial charge in [0.2, 0.25) is 0 Å². The van der Waals surface area contributed by atoms with E-state index < -0.39 is 11.9 Å². The lowest BCUT2D eigenvalue weighted by atomic mass is 9.95. The Bertz CT molecular complexity index is 1140. The van der Waals surface area contributed by atoms with Gasteiger partial charge in [0.15, 0.2) is 0 Å². The molecule has 0 bridgehead atoms. The Hall–Kier alpha value is -2.45. The summed E-state index contributed by atoms with van der Waals surface area (Å²) >= 11 is 0. The minimum absolute atomic E-state index is 0. The van der Waals surface area contributed by atoms with E-state index in [2.05, 4.69) is 19.8 Å². The van der Waals surface area contributed by atoms with E-state index in [1.165, 1.54) is 37.2 Å². The average Bonchev–Trinajstić information content (AvgIpc) is 3.62. The van der Waals surface area contributed by atoms with E-state index >= 15 is 0 Å². The monoisotopic (exact) mass is 508 g/mol. The summed E-state index contributed by atoms with van der Waals surface area (Å²) in [5.74, 6) is 1.78. The molecule has 188 valence electrons. The van der Waals surface area contributed by atoms with Crippen molar-refractivity contribution in [2.45, 2.75) is 38.4 Å². The molecule has 35 heavy (non-hydrogen) atoms. The van der Waals surface area contributed by atoms with E-state index in [4.69, 9.17) is 0 Å². The van der Waals surface area contributed by atoms with Crippen molar-refractivity contribution in [1.82, 2.24) is 14.9 Å². The summed E-state index contributed by atoms with van der Waals surface area (Å²) < 4.78 is 52.8. The summed E-state index contributed by atoms with van der Waals surface area (Å²) in [6.07, 6.45) is 1.58. The highest BCUT2D eigenvalue weighted by Crippen LogP contribution is 2.34. The molecule has 4 nitrogen and oxygen atoms in total. The van der Waals surface area contributed by atoms with Gasteiger partial charge in [0.05, 0.1) is 5.52 Å². The maximum atomic E-state index is 13.7. The summed E-state index contributed by atoms with van der Waals surface area (Å²) in [6, 6.07) is 10.9. The fourth-order valence-electron chi connectivity index (χ4n) is 4.90. The number of pyridine rings is 2. The molecular weight excluding hydrogens is 480 g/mol. The van der Waals surface area contributed by atoms with Crippen LogP contribution in [0.4, 0.5) is 23.4 Å². The van der Waals surface area contributed by atoms with E-state index in [1.807, 2.05) is 6.07 Å². The predicted molar refractivity (Wildman–Crippen MR) is 131 cm³/mol. The van der Waals surface area contributed by atoms with Gasteiger partial charge >= 0.3 is 6.18 Å². The molecular formula is C26H29ClF4N4. The first kappa shape index (κ1) is 25.6. The zero-order chi connectivity index (χ0) is 23.7. The first-order valence-corrected chi connectivity index (χ1v) is 11.9. The van der Waals surface area contributed by atoms with Crippen molar-refractivity contribution in [3.63, 3.8) is 0 Å². The second-order valence-electron chi connectivity index (χ2n) is 9.59. The van der Waals surface area contributed by atoms with E-state index in [0.29, 0.717) is 22.6 Å². The molecule has 1 saturated heterocycles. The topological polar surface area (TPSA) is 32.3 Å². The van der Waals surface area contributed by atoms with Crippen LogP contribution in [0.25, 0.3) is 10.9 Å². The van der Waals surface area contributed by atoms with Crippen LogP contribution in [0.5, 0.6) is 0 Å². The third-order valence-corrected chi connectivity index (χ3v) is 6.82. The van der Waals surface area contributed by atoms with Crippen molar-refractivity contribution >= 4 is 29.1 Å². The van der Waals surface area contributed by atoms with Gasteiger partial charge < -0.3 is 4.90 Å². The molecule has 0 amide bonds. The van der Waals surface area contributed by atoms with Crippen LogP contribution >= 0.6 is 12.4 Å². The maximum Gasteiger partial charge on any atom is 0.433 e. The Morgan fingerprint density at radius 1 is 0.943 bits per heavy atom. The first-order chi connectivity index (χ1) is 16.3. The quantitative estimate of drug-likeness (QED) is 0.349. The zero-order valence-corrected chi connectivity index (χ0v) is 20.2. The minimum atomic E-state index is -4.46. The summed E-state index contributed by atoms with van der Waals surface area (Å²) in [6.45, 7) is 4.38. The number of hydrogen-bond acceptors (Lipinski definition) is 4. The molecule has 1 aliphatic carbocycles. The largest absolute Gasteiger partial charge is 0.433 e. The van der Waals surface area contributed by atoms with Gasteiger partial charge in [0.1, 0.15) is 17.3 Å². The van der Waals surface area contributed by atoms with E-state index in [9.17, 15) is 17.6 Å². The lowest BCUT2D eigenvalue weighted by Gasteiger charge is -2.36. The minimum Gasteiger partial charge on any atom is -0.356 e. The third kappa shape index (κ3) is 6.41. The van der Waals surface area contributed by atoms with Crippen LogP contribution in [-0.4, -0.2) is 41.0 Å². The number of benzene rings is 1. The molecule has 9 heteroatoms. The van der Waals surface area contributed by atoms with Gasteiger partial charge in [-0.05, 0) is 73.4 Å². The molecule has 5 rings (SSSR count). The number of fused-ring (bicyclic) bond motifs is 1. The molecule has 0 N–H and O–H groups in total. The Morgan fingerprint density at radius 2 is 1.66 bits per heavy atom. The van der Waals surface area contributed by atoms with Crippen molar-refractivity contribution in [2.24, 2.45) is 11.8 Å². The fourth-order valence-corrected chi connectivity index (χ4v) is 4.90. The van der Waals surface area contributed by atoms with Gasteiger partial charge in [-0.3, -0.25) is 4.90 Å². The van der Waals surface area contributed by atoms with Crippen LogP contribution in [0.1, 0.15) is 36.9 Å². The molecule has 0 atom stereocenters. The van der Waals surface area contributed by atoms with Crippen molar-refractivity contribution in [2.75, 3.05) is 31.1 Å². The van der Waals surface area contributed by atoms with Gasteiger partial charge in [-0.15, -0.1) is 12.4 Å². The van der Waals surface area contributed by atoms with Gasteiger partial charge in [-0.2, -0.15) is 13.2 Å². The van der Waals surface area contributed by atoms with Gasteiger partial charge in [0.25, 0.3) is 0 Å². The predicted octanol–water partition coefficient (Wildman–Crippen LogP) is 6.34. The number of hydrogen-bond donors (Lipinski definition) is 0. The lowest BCUT2D eigenvalue weighted by molar-refractivity contribution is -0.140. The van der Waals surface area contributed by atoms with Gasteiger partial charge in [-0.1, -0.05) is 12.1 Å². The SMILES string of the molecule is Cl.Fc1cccc(CN(CC2CC2)CC2CCN(c3nccc4nc(C(F)(F)F)ccc34)CC2)c1. The Kier molecular flexibility index (Phi) is 7.81. The summed E-state index contributed by atoms with van der Waals surface area (Å²) in [7, 11) is 0. The molecule has 3 heterocycles. The highest BCUT2D eigenvalue weighted by molar-refractivity contribution is 5.89. The Balaban J connectivity index is 0.00000289. The van der Waals surface area contributed by atoms with Gasteiger partial charge in [0, 0.05) is 44.3 Å². The fraction of sp³-hybridized carbons (Fsp3) is 0.462. The average molecular weight is 509 g/mol. The number of piperidine rings is 1. The molecule has 1 aliphatic heterocycles. The second kappa shape index (κ2) is 10.7. The standard InChI is InChI=1S/C26H28F4N4.ClH/c27-21-3-1-2-20(14-21)17-33(15-18-4-5-18)16-19-9-12-34(13-10-19)25-22-6-7-24(26(28,29)30)32-23(22)8-11-31-25;/h1-3,6-8,11,14,18-19H,4-5,9-10,12-13,15-17H2;1H. The van der Waals surface area contributed by atoms with Crippen molar-refractivity contribution < 1.29 is 17.6 Å². The molecule has 0 spiro atoms. The lowest BCUT2D eigenvalue weighted by Crippen LogP contribution is -2.39. The molecule has 3 aromatic rings. The smallest absolute Gasteiger partial charge is 0.356 e. The molecule has 0 radical (unpaired) electrons. The van der Waals surface area contributed by atoms with E-state index in [0.717, 1.165) is 63.1 Å². The third-order valence-electron chi connectivity index (χ3n) is 6.82. The second-order valence-corrected chi connectivity index (χ2v) is 9.59. The van der Waals surface area contributed by atoms with Crippen molar-refractivity contribution in [3.8, 4) is 0 Å². The molecule has 2 aromatic heterocycles. The zero-order valence-electron chi connectivity index (χ0n) is 19.3. The highest BCUT2D eigenvalue weighted by atomic mass is 35.5. The first-order valence-electron chi connectivity index (χ1n) is 11.9. The molecule has 2 aliphatic rings. The van der Waals surface area contributed by atoms with Crippen LogP contribution in [0.15, 0.2) is 48.7 Å². The van der Waals surface area contributed by atoms with Crippen LogP contribution < -0.4 is 4.90 Å². The van der Waals surface area contributed by atoms with Crippen LogP contribution in [0.2, 0.25) is 0 Å². The number of halogens is 5. The Labute approximate surface area is 208 Å². The maximum absolute atomic E-state index is 13.7. The van der Waals surface area contributed by atoms with Crippen LogP contribution in [0.3, 0.4) is 0 Å². The van der Waals surface area contributed by atoms with Crippen LogP contribution in [0, 0.1) is 17.7 Å². The summed E-state index contributed by atoms with van der Waals surface area (Å²) in [5.41, 5.74) is 0.432. The van der Waals surface area contributed by atoms with Crippen molar-refractivity contribution in [1.29, 1.82) is 0 Å². The molecule has 1 saturated carbocycles. The number of anilines is 1. The van der Waals surface area contributed by atoms with Gasteiger partial charge in [-0.25, -0.2) is 14.4 Å². The number of nitrogens with zero attached hydrogens (tertiary/aromatic N) is 4. The molecule has 0 unspecified atom stereocenters. The Morgan fingerprint density at radius 3 is 2.31 bits per heavy atom. The molecule has 2 fully saturated rings. The number of rotatable bonds is 7. The highest BCUT2D eigenvalue weighted by Gasteiger charge is 2.33. The summed E-state index contributed by atoms with van der Waals surface area (Å²) in [4.78, 5) is 12.9. The number of aromatic nitrogens is 2. The van der Waals surface area contributed by atoms with E-state index in [1.54, 1.807) is 12.1 Å². The van der Waals surface area contributed by atoms with Crippen molar-refractivity contribution in [3.05, 3.63) is 65.7 Å². The van der Waals surface area contributed by atoms with Crippen LogP contribution in [-0.2, 0) is 12.7 Å².